The Morgan fingerprint density at radius 3 is 2.71 bits per heavy atom. The first-order valence-corrected chi connectivity index (χ1v) is 6.43. The van der Waals surface area contributed by atoms with Crippen molar-refractivity contribution in [3.63, 3.8) is 0 Å². The highest BCUT2D eigenvalue weighted by atomic mass is 19.4. The smallest absolute Gasteiger partial charge is 0.366 e. The molecule has 0 unspecified atom stereocenters. The number of aromatic nitrogens is 3. The van der Waals surface area contributed by atoms with Crippen molar-refractivity contribution in [2.24, 2.45) is 0 Å². The first-order chi connectivity index (χ1) is 9.86. The Bertz CT molecular complexity index is 677. The zero-order chi connectivity index (χ0) is 15.2. The van der Waals surface area contributed by atoms with Gasteiger partial charge in [-0.3, -0.25) is 0 Å². The third kappa shape index (κ3) is 2.45. The molecule has 0 saturated carbocycles. The van der Waals surface area contributed by atoms with E-state index in [1.165, 1.54) is 6.07 Å². The van der Waals surface area contributed by atoms with Crippen molar-refractivity contribution in [3.8, 4) is 0 Å². The van der Waals surface area contributed by atoms with Crippen LogP contribution in [0.1, 0.15) is 35.7 Å². The van der Waals surface area contributed by atoms with Gasteiger partial charge in [0, 0.05) is 12.5 Å². The molecule has 2 N–H and O–H groups in total. The number of nitrogens with zero attached hydrogens (tertiary/aromatic N) is 3. The lowest BCUT2D eigenvalue weighted by Gasteiger charge is -2.23. The summed E-state index contributed by atoms with van der Waals surface area (Å²) < 4.78 is 53.4. The summed E-state index contributed by atoms with van der Waals surface area (Å²) in [7, 11) is 0. The van der Waals surface area contributed by atoms with E-state index in [0.29, 0.717) is 24.9 Å². The summed E-state index contributed by atoms with van der Waals surface area (Å²) in [6.07, 6.45) is -3.22. The van der Waals surface area contributed by atoms with Gasteiger partial charge in [-0.1, -0.05) is 6.07 Å². The van der Waals surface area contributed by atoms with E-state index in [9.17, 15) is 17.6 Å². The van der Waals surface area contributed by atoms with Crippen LogP contribution in [0, 0.1) is 5.82 Å². The zero-order valence-corrected chi connectivity index (χ0v) is 10.9. The number of fused-ring (bicyclic) bond motifs is 1. The molecule has 0 amide bonds. The Morgan fingerprint density at radius 2 is 2.05 bits per heavy atom. The van der Waals surface area contributed by atoms with Gasteiger partial charge in [0.15, 0.2) is 0 Å². The predicted molar refractivity (Wildman–Crippen MR) is 66.9 cm³/mol. The second-order valence-corrected chi connectivity index (χ2v) is 4.98. The maximum atomic E-state index is 14.1. The molecule has 0 saturated heterocycles. The standard InChI is InChI=1S/C13H12F4N4/c14-10-6-7(13(15,16)17)3-4-8(10)9-2-1-5-21-11(9)19-12(18)20-21/h3-4,6,9H,1-2,5H2,(H2,18,20)/t9-/m0/s1. The largest absolute Gasteiger partial charge is 0.416 e. The number of anilines is 1. The molecule has 112 valence electrons. The number of benzene rings is 1. The summed E-state index contributed by atoms with van der Waals surface area (Å²) in [6.45, 7) is 0.623. The normalized spacial score (nSPS) is 18.6. The molecule has 1 aromatic heterocycles. The number of hydrogen-bond acceptors (Lipinski definition) is 3. The number of hydrogen-bond donors (Lipinski definition) is 1. The summed E-state index contributed by atoms with van der Waals surface area (Å²) in [5.41, 5.74) is 4.72. The fourth-order valence-corrected chi connectivity index (χ4v) is 2.65. The first kappa shape index (κ1) is 13.8. The SMILES string of the molecule is Nc1nc2n(n1)CCC[C@H]2c1ccc(C(F)(F)F)cc1F. The number of nitrogen functional groups attached to an aromatic ring is 1. The highest BCUT2D eigenvalue weighted by Gasteiger charge is 2.33. The highest BCUT2D eigenvalue weighted by Crippen LogP contribution is 2.36. The molecule has 0 bridgehead atoms. The summed E-state index contributed by atoms with van der Waals surface area (Å²) >= 11 is 0. The van der Waals surface area contributed by atoms with E-state index in [4.69, 9.17) is 5.73 Å². The van der Waals surface area contributed by atoms with Crippen LogP contribution < -0.4 is 5.73 Å². The molecular formula is C13H12F4N4. The van der Waals surface area contributed by atoms with Gasteiger partial charge >= 0.3 is 6.18 Å². The van der Waals surface area contributed by atoms with Gasteiger partial charge in [-0.15, -0.1) is 5.10 Å². The van der Waals surface area contributed by atoms with Crippen LogP contribution in [-0.2, 0) is 12.7 Å². The zero-order valence-electron chi connectivity index (χ0n) is 10.9. The maximum absolute atomic E-state index is 14.1. The van der Waals surface area contributed by atoms with Crippen LogP contribution in [0.25, 0.3) is 0 Å². The summed E-state index contributed by atoms with van der Waals surface area (Å²) in [6, 6.07) is 2.58. The van der Waals surface area contributed by atoms with Crippen LogP contribution in [0.4, 0.5) is 23.5 Å². The van der Waals surface area contributed by atoms with Gasteiger partial charge in [0.25, 0.3) is 0 Å². The van der Waals surface area contributed by atoms with Crippen LogP contribution >= 0.6 is 0 Å². The van der Waals surface area contributed by atoms with Gasteiger partial charge in [0.1, 0.15) is 11.6 Å². The van der Waals surface area contributed by atoms with Crippen molar-refractivity contribution >= 4 is 5.95 Å². The highest BCUT2D eigenvalue weighted by molar-refractivity contribution is 5.33. The minimum Gasteiger partial charge on any atom is -0.366 e. The van der Waals surface area contributed by atoms with E-state index in [1.54, 1.807) is 4.68 Å². The van der Waals surface area contributed by atoms with Gasteiger partial charge in [-0.05, 0) is 30.5 Å². The van der Waals surface area contributed by atoms with E-state index in [1.807, 2.05) is 0 Å². The van der Waals surface area contributed by atoms with Crippen LogP contribution in [-0.4, -0.2) is 14.8 Å². The molecule has 1 aromatic carbocycles. The van der Waals surface area contributed by atoms with E-state index in [-0.39, 0.29) is 11.5 Å². The molecule has 0 aliphatic carbocycles. The Labute approximate surface area is 117 Å². The molecule has 0 spiro atoms. The van der Waals surface area contributed by atoms with Crippen molar-refractivity contribution in [1.29, 1.82) is 0 Å². The van der Waals surface area contributed by atoms with Crippen molar-refractivity contribution < 1.29 is 17.6 Å². The van der Waals surface area contributed by atoms with E-state index < -0.39 is 23.5 Å². The first-order valence-electron chi connectivity index (χ1n) is 6.43. The minimum absolute atomic E-state index is 0.0872. The lowest BCUT2D eigenvalue weighted by molar-refractivity contribution is -0.137. The topological polar surface area (TPSA) is 56.7 Å². The maximum Gasteiger partial charge on any atom is 0.416 e. The predicted octanol–water partition coefficient (Wildman–Crippen LogP) is 2.94. The Hall–Kier alpha value is -2.12. The van der Waals surface area contributed by atoms with Crippen molar-refractivity contribution in [2.75, 3.05) is 5.73 Å². The van der Waals surface area contributed by atoms with Gasteiger partial charge in [0.2, 0.25) is 5.95 Å². The third-order valence-electron chi connectivity index (χ3n) is 3.59. The number of alkyl halides is 3. The summed E-state index contributed by atoms with van der Waals surface area (Å²) in [4.78, 5) is 4.06. The van der Waals surface area contributed by atoms with Crippen molar-refractivity contribution in [1.82, 2.24) is 14.8 Å². The lowest BCUT2D eigenvalue weighted by atomic mass is 9.90. The molecule has 0 fully saturated rings. The van der Waals surface area contributed by atoms with E-state index >= 15 is 0 Å². The molecule has 2 aromatic rings. The number of nitrogens with two attached hydrogens (primary N) is 1. The number of aryl methyl sites for hydroxylation is 1. The molecule has 8 heteroatoms. The summed E-state index contributed by atoms with van der Waals surface area (Å²) in [5, 5.41) is 3.99. The van der Waals surface area contributed by atoms with Gasteiger partial charge < -0.3 is 5.73 Å². The molecule has 0 radical (unpaired) electrons. The van der Waals surface area contributed by atoms with Crippen LogP contribution in [0.2, 0.25) is 0 Å². The van der Waals surface area contributed by atoms with Crippen molar-refractivity contribution in [3.05, 3.63) is 41.0 Å². The van der Waals surface area contributed by atoms with Crippen LogP contribution in [0.3, 0.4) is 0 Å². The van der Waals surface area contributed by atoms with Crippen LogP contribution in [0.15, 0.2) is 18.2 Å². The fourth-order valence-electron chi connectivity index (χ4n) is 2.65. The van der Waals surface area contributed by atoms with Gasteiger partial charge in [-0.2, -0.15) is 18.2 Å². The minimum atomic E-state index is -4.56. The second kappa shape index (κ2) is 4.71. The fraction of sp³-hybridized carbons (Fsp3) is 0.385. The molecule has 21 heavy (non-hydrogen) atoms. The Morgan fingerprint density at radius 1 is 1.29 bits per heavy atom. The number of halogens is 4. The molecule has 4 nitrogen and oxygen atoms in total. The molecule has 3 rings (SSSR count). The Kier molecular flexibility index (Phi) is 3.11. The molecule has 1 aliphatic rings. The number of rotatable bonds is 1. The molecule has 1 aliphatic heterocycles. The van der Waals surface area contributed by atoms with Gasteiger partial charge in [-0.25, -0.2) is 9.07 Å². The molecule has 1 atom stereocenters. The van der Waals surface area contributed by atoms with Gasteiger partial charge in [0.05, 0.1) is 5.56 Å². The second-order valence-electron chi connectivity index (χ2n) is 4.98. The quantitative estimate of drug-likeness (QED) is 0.824. The third-order valence-corrected chi connectivity index (χ3v) is 3.59. The lowest BCUT2D eigenvalue weighted by Crippen LogP contribution is -2.19. The molecule has 2 heterocycles. The average Bonchev–Trinajstić information content (AvgIpc) is 2.77. The van der Waals surface area contributed by atoms with Crippen LogP contribution in [0.5, 0.6) is 0 Å². The van der Waals surface area contributed by atoms with E-state index in [2.05, 4.69) is 10.1 Å². The van der Waals surface area contributed by atoms with Crippen molar-refractivity contribution in [2.45, 2.75) is 31.5 Å². The molecular weight excluding hydrogens is 288 g/mol. The Balaban J connectivity index is 2.02. The monoisotopic (exact) mass is 300 g/mol. The van der Waals surface area contributed by atoms with E-state index in [0.717, 1.165) is 12.5 Å². The summed E-state index contributed by atoms with van der Waals surface area (Å²) in [5.74, 6) is -0.725. The average molecular weight is 300 g/mol.